The fraction of sp³-hybridized carbons (Fsp3) is 0.160. The van der Waals surface area contributed by atoms with Gasteiger partial charge in [0.1, 0.15) is 0 Å². The molecule has 1 heterocycles. The molecule has 5 nitrogen and oxygen atoms in total. The van der Waals surface area contributed by atoms with Crippen LogP contribution >= 0.6 is 15.9 Å². The normalized spacial score (nSPS) is 27.6. The van der Waals surface area contributed by atoms with E-state index in [-0.39, 0.29) is 23.1 Å². The first-order chi connectivity index (χ1) is 15.0. The Kier molecular flexibility index (Phi) is 3.67. The number of halogens is 1. The van der Waals surface area contributed by atoms with Gasteiger partial charge in [-0.25, -0.2) is 4.90 Å². The van der Waals surface area contributed by atoms with Crippen molar-refractivity contribution in [1.29, 1.82) is 0 Å². The largest absolute Gasteiger partial charge is 0.545 e. The predicted octanol–water partition coefficient (Wildman–Crippen LogP) is 2.95. The number of anilines is 1. The lowest BCUT2D eigenvalue weighted by atomic mass is 9.55. The number of carboxylic acid groups (broad SMARTS) is 1. The van der Waals surface area contributed by atoms with Crippen LogP contribution < -0.4 is 10.0 Å². The molecule has 3 aromatic rings. The summed E-state index contributed by atoms with van der Waals surface area (Å²) in [5, 5.41) is 11.7. The summed E-state index contributed by atoms with van der Waals surface area (Å²) in [5.41, 5.74) is 3.91. The lowest BCUT2D eigenvalue weighted by molar-refractivity contribution is -0.254. The predicted molar refractivity (Wildman–Crippen MR) is 115 cm³/mol. The zero-order valence-corrected chi connectivity index (χ0v) is 17.7. The summed E-state index contributed by atoms with van der Waals surface area (Å²) in [5.74, 6) is -3.75. The van der Waals surface area contributed by atoms with Crippen LogP contribution in [0.5, 0.6) is 0 Å². The molecule has 152 valence electrons. The number of para-hydroxylation sites is 1. The molecule has 2 amide bonds. The van der Waals surface area contributed by atoms with Gasteiger partial charge in [-0.15, -0.1) is 0 Å². The minimum Gasteiger partial charge on any atom is -0.545 e. The second kappa shape index (κ2) is 6.14. The highest BCUT2D eigenvalue weighted by Crippen LogP contribution is 2.66. The van der Waals surface area contributed by atoms with Crippen LogP contribution in [0.4, 0.5) is 5.69 Å². The highest BCUT2D eigenvalue weighted by Gasteiger charge is 2.67. The fourth-order valence-electron chi connectivity index (χ4n) is 5.76. The first-order valence-electron chi connectivity index (χ1n) is 10.0. The molecular weight excluding hydrogens is 458 g/mol. The second-order valence-electron chi connectivity index (χ2n) is 8.18. The van der Waals surface area contributed by atoms with E-state index in [9.17, 15) is 19.5 Å². The summed E-state index contributed by atoms with van der Waals surface area (Å²) in [6.45, 7) is 0. The third kappa shape index (κ3) is 2.13. The lowest BCUT2D eigenvalue weighted by Crippen LogP contribution is -2.50. The maximum Gasteiger partial charge on any atom is 0.239 e. The van der Waals surface area contributed by atoms with Crippen molar-refractivity contribution in [3.63, 3.8) is 0 Å². The van der Waals surface area contributed by atoms with E-state index in [4.69, 9.17) is 0 Å². The molecule has 1 saturated heterocycles. The summed E-state index contributed by atoms with van der Waals surface area (Å²) in [6.07, 6.45) is 0. The van der Waals surface area contributed by atoms with Gasteiger partial charge in [0.05, 0.1) is 27.8 Å². The number of rotatable bonds is 2. The number of aromatic carboxylic acids is 1. The number of carbonyl (C=O) groups excluding carboxylic acids is 3. The molecule has 1 aliphatic heterocycles. The molecule has 31 heavy (non-hydrogen) atoms. The first-order valence-corrected chi connectivity index (χ1v) is 10.8. The average Bonchev–Trinajstić information content (AvgIpc) is 3.05. The van der Waals surface area contributed by atoms with E-state index >= 15 is 0 Å². The van der Waals surface area contributed by atoms with Crippen molar-refractivity contribution in [3.05, 3.63) is 101 Å². The van der Waals surface area contributed by atoms with Crippen LogP contribution in [0.3, 0.4) is 0 Å². The summed E-state index contributed by atoms with van der Waals surface area (Å²) in [6, 6.07) is 21.8. The van der Waals surface area contributed by atoms with Crippen molar-refractivity contribution in [1.82, 2.24) is 0 Å². The topological polar surface area (TPSA) is 77.5 Å². The zero-order chi connectivity index (χ0) is 21.5. The minimum atomic E-state index is -1.42. The molecule has 0 unspecified atom stereocenters. The molecule has 7 rings (SSSR count). The van der Waals surface area contributed by atoms with Gasteiger partial charge >= 0.3 is 0 Å². The number of carbonyl (C=O) groups is 3. The monoisotopic (exact) mass is 472 g/mol. The van der Waals surface area contributed by atoms with E-state index in [0.29, 0.717) is 0 Å². The van der Waals surface area contributed by atoms with Crippen molar-refractivity contribution < 1.29 is 19.5 Å². The number of imide groups is 1. The maximum absolute atomic E-state index is 13.8. The van der Waals surface area contributed by atoms with Crippen molar-refractivity contribution in [2.75, 3.05) is 4.90 Å². The molecule has 0 aromatic heterocycles. The molecule has 0 N–H and O–H groups in total. The number of alkyl halides is 1. The average molecular weight is 473 g/mol. The van der Waals surface area contributed by atoms with Gasteiger partial charge < -0.3 is 9.90 Å². The maximum atomic E-state index is 13.8. The summed E-state index contributed by atoms with van der Waals surface area (Å²) in [4.78, 5) is 40.3. The third-order valence-corrected chi connectivity index (χ3v) is 8.23. The zero-order valence-electron chi connectivity index (χ0n) is 16.1. The number of carboxylic acids is 1. The Morgan fingerprint density at radius 3 is 2.00 bits per heavy atom. The molecule has 2 atom stereocenters. The molecule has 3 aliphatic carbocycles. The van der Waals surface area contributed by atoms with Crippen LogP contribution in [0.2, 0.25) is 0 Å². The molecular formula is C25H15BrNO4-. The smallest absolute Gasteiger partial charge is 0.239 e. The molecule has 0 spiro atoms. The first kappa shape index (κ1) is 18.5. The molecule has 0 saturated carbocycles. The molecule has 4 aliphatic rings. The minimum absolute atomic E-state index is 0.0653. The van der Waals surface area contributed by atoms with E-state index in [2.05, 4.69) is 15.9 Å². The lowest BCUT2D eigenvalue weighted by Gasteiger charge is -2.51. The van der Waals surface area contributed by atoms with Crippen LogP contribution in [0, 0.1) is 11.8 Å². The van der Waals surface area contributed by atoms with Gasteiger partial charge in [0.25, 0.3) is 0 Å². The van der Waals surface area contributed by atoms with E-state index in [0.717, 1.165) is 27.2 Å². The fourth-order valence-corrected chi connectivity index (χ4v) is 6.96. The van der Waals surface area contributed by atoms with Crippen LogP contribution in [0.15, 0.2) is 72.8 Å². The third-order valence-electron chi connectivity index (χ3n) is 6.88. The Bertz CT molecular complexity index is 1270. The van der Waals surface area contributed by atoms with Crippen molar-refractivity contribution in [2.24, 2.45) is 11.8 Å². The number of hydrogen-bond acceptors (Lipinski definition) is 4. The number of nitrogens with zero attached hydrogens (tertiary/aromatic N) is 1. The van der Waals surface area contributed by atoms with E-state index < -0.39 is 28.0 Å². The van der Waals surface area contributed by atoms with Gasteiger partial charge in [-0.1, -0.05) is 82.7 Å². The van der Waals surface area contributed by atoms with E-state index in [1.165, 1.54) is 12.1 Å². The van der Waals surface area contributed by atoms with Gasteiger partial charge in [0.15, 0.2) is 0 Å². The standard InChI is InChI=1S/C25H16BrNO4/c26-25-16-10-4-1-7-13(16)19(14-8-2-5-11-17(14)25)20-21(25)23(29)27(22(20)28)18-12-6-3-9-15(18)24(30)31/h1-12,19-21H,(H,30,31)/p-1/t19?,20-,21+,25?/m1/s1. The van der Waals surface area contributed by atoms with Crippen LogP contribution in [-0.4, -0.2) is 17.8 Å². The van der Waals surface area contributed by atoms with Crippen LogP contribution in [0.1, 0.15) is 38.5 Å². The number of amides is 2. The van der Waals surface area contributed by atoms with Crippen molar-refractivity contribution >= 4 is 39.4 Å². The van der Waals surface area contributed by atoms with Gasteiger partial charge in [0.2, 0.25) is 11.8 Å². The highest BCUT2D eigenvalue weighted by molar-refractivity contribution is 9.09. The van der Waals surface area contributed by atoms with Gasteiger partial charge in [-0.05, 0) is 28.3 Å². The Morgan fingerprint density at radius 1 is 0.839 bits per heavy atom. The second-order valence-corrected chi connectivity index (χ2v) is 9.43. The SMILES string of the molecule is O=C([O-])c1ccccc1N1C(=O)[C@@H]2C3c4ccccc4C(Br)(c4ccccc43)[C@@H]2C1=O. The summed E-state index contributed by atoms with van der Waals surface area (Å²) < 4.78 is -0.864. The quantitative estimate of drug-likeness (QED) is 0.424. The molecule has 0 radical (unpaired) electrons. The molecule has 3 aromatic carbocycles. The van der Waals surface area contributed by atoms with E-state index in [1.54, 1.807) is 12.1 Å². The van der Waals surface area contributed by atoms with Crippen LogP contribution in [-0.2, 0) is 13.9 Å². The Morgan fingerprint density at radius 2 is 1.39 bits per heavy atom. The van der Waals surface area contributed by atoms with Crippen LogP contribution in [0.25, 0.3) is 0 Å². The summed E-state index contributed by atoms with van der Waals surface area (Å²) in [7, 11) is 0. The van der Waals surface area contributed by atoms with Gasteiger partial charge in [0, 0.05) is 11.5 Å². The van der Waals surface area contributed by atoms with Gasteiger partial charge in [-0.3, -0.25) is 9.59 Å². The number of benzene rings is 3. The Balaban J connectivity index is 1.62. The highest BCUT2D eigenvalue weighted by atomic mass is 79.9. The number of hydrogen-bond donors (Lipinski definition) is 0. The van der Waals surface area contributed by atoms with E-state index in [1.807, 2.05) is 48.5 Å². The van der Waals surface area contributed by atoms with Gasteiger partial charge in [-0.2, -0.15) is 0 Å². The molecule has 1 fully saturated rings. The Hall–Kier alpha value is -3.25. The summed E-state index contributed by atoms with van der Waals surface area (Å²) >= 11 is 3.92. The Labute approximate surface area is 186 Å². The van der Waals surface area contributed by atoms with Crippen molar-refractivity contribution in [3.8, 4) is 0 Å². The molecule has 2 bridgehead atoms. The van der Waals surface area contributed by atoms with Crippen molar-refractivity contribution in [2.45, 2.75) is 10.2 Å². The molecule has 6 heteroatoms.